The van der Waals surface area contributed by atoms with Crippen LogP contribution in [0, 0.1) is 0 Å². The maximum atomic E-state index is 10.9. The van der Waals surface area contributed by atoms with E-state index >= 15 is 0 Å². The molecule has 0 aliphatic carbocycles. The van der Waals surface area contributed by atoms with Gasteiger partial charge in [-0.2, -0.15) is 0 Å². The lowest BCUT2D eigenvalue weighted by molar-refractivity contribution is 0.317. The van der Waals surface area contributed by atoms with Crippen molar-refractivity contribution in [1.82, 2.24) is 0 Å². The minimum atomic E-state index is -2.92. The van der Waals surface area contributed by atoms with Crippen molar-refractivity contribution in [3.63, 3.8) is 0 Å². The van der Waals surface area contributed by atoms with Crippen LogP contribution in [-0.2, 0) is 9.84 Å². The molecule has 0 aliphatic heterocycles. The third-order valence-electron chi connectivity index (χ3n) is 2.35. The first kappa shape index (κ1) is 14.5. The van der Waals surface area contributed by atoms with Crippen molar-refractivity contribution < 1.29 is 18.4 Å². The fraction of sp³-hybridized carbons (Fsp3) is 0.417. The van der Waals surface area contributed by atoms with Gasteiger partial charge in [0, 0.05) is 6.26 Å². The second-order valence-electron chi connectivity index (χ2n) is 4.04. The van der Waals surface area contributed by atoms with Gasteiger partial charge in [0.1, 0.15) is 15.6 Å². The quantitative estimate of drug-likeness (QED) is 0.370. The van der Waals surface area contributed by atoms with Gasteiger partial charge in [-0.25, -0.2) is 8.42 Å². The number of benzene rings is 1. The van der Waals surface area contributed by atoms with Crippen LogP contribution in [0.5, 0.6) is 5.75 Å². The zero-order valence-corrected chi connectivity index (χ0v) is 11.3. The number of sulfone groups is 1. The lowest BCUT2D eigenvalue weighted by Crippen LogP contribution is -2.08. The Morgan fingerprint density at radius 3 is 2.44 bits per heavy atom. The van der Waals surface area contributed by atoms with Crippen molar-refractivity contribution >= 4 is 15.5 Å². The molecule has 5 nitrogen and oxygen atoms in total. The second-order valence-corrected chi connectivity index (χ2v) is 6.30. The van der Waals surface area contributed by atoms with Crippen LogP contribution < -0.4 is 4.74 Å². The third kappa shape index (κ3) is 5.18. The van der Waals surface area contributed by atoms with E-state index in [9.17, 15) is 8.42 Å². The molecule has 0 bridgehead atoms. The van der Waals surface area contributed by atoms with Gasteiger partial charge in [0.15, 0.2) is 0 Å². The first-order chi connectivity index (χ1) is 8.42. The van der Waals surface area contributed by atoms with Crippen molar-refractivity contribution in [2.24, 2.45) is 5.16 Å². The van der Waals surface area contributed by atoms with Gasteiger partial charge < -0.3 is 9.94 Å². The van der Waals surface area contributed by atoms with Crippen LogP contribution in [0.25, 0.3) is 0 Å². The van der Waals surface area contributed by atoms with Gasteiger partial charge in [-0.15, -0.1) is 0 Å². The van der Waals surface area contributed by atoms with E-state index in [1.165, 1.54) is 6.26 Å². The molecular weight excluding hydrogens is 254 g/mol. The molecule has 1 rings (SSSR count). The monoisotopic (exact) mass is 271 g/mol. The molecule has 6 heteroatoms. The standard InChI is InChI=1S/C12H17NO4S/c1-10(13-14)11-4-6-12(7-5-11)17-8-3-9-18(2,15)16/h4-7,14H,3,8-9H2,1-2H3/b13-10-. The summed E-state index contributed by atoms with van der Waals surface area (Å²) >= 11 is 0. The Bertz CT molecular complexity index is 505. The number of nitrogens with zero attached hydrogens (tertiary/aromatic N) is 1. The van der Waals surface area contributed by atoms with Gasteiger partial charge in [0.2, 0.25) is 0 Å². The molecule has 100 valence electrons. The van der Waals surface area contributed by atoms with E-state index in [0.717, 1.165) is 5.56 Å². The van der Waals surface area contributed by atoms with Gasteiger partial charge in [0.25, 0.3) is 0 Å². The first-order valence-electron chi connectivity index (χ1n) is 5.52. The smallest absolute Gasteiger partial charge is 0.147 e. The Morgan fingerprint density at radius 1 is 1.33 bits per heavy atom. The summed E-state index contributed by atoms with van der Waals surface area (Å²) in [6.45, 7) is 2.06. The molecule has 0 fully saturated rings. The Hall–Kier alpha value is -1.56. The Morgan fingerprint density at radius 2 is 1.94 bits per heavy atom. The highest BCUT2D eigenvalue weighted by molar-refractivity contribution is 7.90. The molecule has 0 atom stereocenters. The van der Waals surface area contributed by atoms with E-state index in [4.69, 9.17) is 9.94 Å². The van der Waals surface area contributed by atoms with Gasteiger partial charge >= 0.3 is 0 Å². The summed E-state index contributed by atoms with van der Waals surface area (Å²) in [6.07, 6.45) is 1.68. The summed E-state index contributed by atoms with van der Waals surface area (Å²) in [7, 11) is -2.92. The molecule has 0 amide bonds. The molecule has 0 aliphatic rings. The number of oxime groups is 1. The SMILES string of the molecule is C/C(=N/O)c1ccc(OCCCS(C)(=O)=O)cc1. The minimum absolute atomic E-state index is 0.126. The predicted molar refractivity (Wildman–Crippen MR) is 70.3 cm³/mol. The summed E-state index contributed by atoms with van der Waals surface area (Å²) in [5.74, 6) is 0.791. The fourth-order valence-corrected chi connectivity index (χ4v) is 2.00. The molecule has 1 N–H and O–H groups in total. The molecule has 18 heavy (non-hydrogen) atoms. The van der Waals surface area contributed by atoms with Gasteiger partial charge in [-0.3, -0.25) is 0 Å². The Kier molecular flexibility index (Phi) is 5.15. The number of hydrogen-bond acceptors (Lipinski definition) is 5. The number of rotatable bonds is 6. The fourth-order valence-electron chi connectivity index (χ4n) is 1.36. The third-order valence-corrected chi connectivity index (χ3v) is 3.38. The highest BCUT2D eigenvalue weighted by atomic mass is 32.2. The van der Waals surface area contributed by atoms with Crippen LogP contribution in [0.4, 0.5) is 0 Å². The summed E-state index contributed by atoms with van der Waals surface area (Å²) < 4.78 is 27.2. The zero-order chi connectivity index (χ0) is 13.6. The maximum Gasteiger partial charge on any atom is 0.147 e. The van der Waals surface area contributed by atoms with Crippen molar-refractivity contribution in [2.75, 3.05) is 18.6 Å². The predicted octanol–water partition coefficient (Wildman–Crippen LogP) is 1.70. The number of ether oxygens (including phenoxy) is 1. The molecule has 0 aromatic heterocycles. The van der Waals surface area contributed by atoms with Crippen LogP contribution in [0.2, 0.25) is 0 Å². The van der Waals surface area contributed by atoms with Crippen molar-refractivity contribution in [2.45, 2.75) is 13.3 Å². The summed E-state index contributed by atoms with van der Waals surface area (Å²) in [6, 6.07) is 7.07. The normalized spacial score (nSPS) is 12.4. The summed E-state index contributed by atoms with van der Waals surface area (Å²) in [5.41, 5.74) is 1.33. The highest BCUT2D eigenvalue weighted by Gasteiger charge is 2.02. The molecule has 1 aromatic carbocycles. The van der Waals surface area contributed by atoms with Crippen LogP contribution >= 0.6 is 0 Å². The van der Waals surface area contributed by atoms with Gasteiger partial charge in [-0.05, 0) is 43.2 Å². The Labute approximate surface area is 107 Å². The maximum absolute atomic E-state index is 10.9. The average Bonchev–Trinajstić information content (AvgIpc) is 2.33. The first-order valence-corrected chi connectivity index (χ1v) is 7.58. The van der Waals surface area contributed by atoms with Crippen LogP contribution in [0.3, 0.4) is 0 Å². The van der Waals surface area contributed by atoms with E-state index in [-0.39, 0.29) is 5.75 Å². The molecule has 0 saturated carbocycles. The molecule has 0 radical (unpaired) electrons. The van der Waals surface area contributed by atoms with Crippen molar-refractivity contribution in [3.05, 3.63) is 29.8 Å². The van der Waals surface area contributed by atoms with Crippen LogP contribution in [-0.4, -0.2) is 38.0 Å². The lowest BCUT2D eigenvalue weighted by Gasteiger charge is -2.06. The Balaban J connectivity index is 2.45. The highest BCUT2D eigenvalue weighted by Crippen LogP contribution is 2.13. The minimum Gasteiger partial charge on any atom is -0.494 e. The summed E-state index contributed by atoms with van der Waals surface area (Å²) in [4.78, 5) is 0. The van der Waals surface area contributed by atoms with Gasteiger partial charge in [-0.1, -0.05) is 5.16 Å². The largest absolute Gasteiger partial charge is 0.494 e. The van der Waals surface area contributed by atoms with Crippen molar-refractivity contribution in [3.8, 4) is 5.75 Å². The second kappa shape index (κ2) is 6.39. The molecule has 0 spiro atoms. The van der Waals surface area contributed by atoms with E-state index in [2.05, 4.69) is 5.16 Å². The van der Waals surface area contributed by atoms with E-state index < -0.39 is 9.84 Å². The zero-order valence-electron chi connectivity index (χ0n) is 10.5. The number of hydrogen-bond donors (Lipinski definition) is 1. The molecule has 0 heterocycles. The van der Waals surface area contributed by atoms with Crippen LogP contribution in [0.15, 0.2) is 29.4 Å². The summed E-state index contributed by atoms with van der Waals surface area (Å²) in [5, 5.41) is 11.7. The molecule has 1 aromatic rings. The lowest BCUT2D eigenvalue weighted by atomic mass is 10.1. The average molecular weight is 271 g/mol. The van der Waals surface area contributed by atoms with Crippen molar-refractivity contribution in [1.29, 1.82) is 0 Å². The topological polar surface area (TPSA) is 76.0 Å². The van der Waals surface area contributed by atoms with E-state index in [0.29, 0.717) is 24.5 Å². The van der Waals surface area contributed by atoms with E-state index in [1.54, 1.807) is 31.2 Å². The molecule has 0 unspecified atom stereocenters. The molecular formula is C12H17NO4S. The van der Waals surface area contributed by atoms with Gasteiger partial charge in [0.05, 0.1) is 18.1 Å². The molecule has 0 saturated heterocycles. The van der Waals surface area contributed by atoms with E-state index in [1.807, 2.05) is 0 Å². The van der Waals surface area contributed by atoms with Crippen LogP contribution in [0.1, 0.15) is 18.9 Å².